The maximum Gasteiger partial charge on any atom is 0.251 e. The van der Waals surface area contributed by atoms with Crippen LogP contribution in [0.4, 0.5) is 17.5 Å². The molecule has 26 heavy (non-hydrogen) atoms. The van der Waals surface area contributed by atoms with E-state index in [0.717, 1.165) is 29.3 Å². The van der Waals surface area contributed by atoms with Gasteiger partial charge in [0.1, 0.15) is 0 Å². The number of rotatable bonds is 6. The van der Waals surface area contributed by atoms with Crippen LogP contribution in [0.1, 0.15) is 12.5 Å². The number of hydrogen-bond donors (Lipinski definition) is 1. The third kappa shape index (κ3) is 3.37. The first kappa shape index (κ1) is 16.1. The molecular weight excluding hydrogens is 330 g/mol. The van der Waals surface area contributed by atoms with Crippen molar-refractivity contribution >= 4 is 17.5 Å². The van der Waals surface area contributed by atoms with Crippen molar-refractivity contribution in [2.75, 3.05) is 23.6 Å². The largest absolute Gasteiger partial charge is 0.454 e. The highest BCUT2D eigenvalue weighted by molar-refractivity contribution is 5.57. The summed E-state index contributed by atoms with van der Waals surface area (Å²) in [7, 11) is 0. The van der Waals surface area contributed by atoms with E-state index >= 15 is 0 Å². The van der Waals surface area contributed by atoms with Crippen molar-refractivity contribution < 1.29 is 9.47 Å². The van der Waals surface area contributed by atoms with E-state index in [1.807, 2.05) is 53.4 Å². The number of anilines is 3. The Morgan fingerprint density at radius 2 is 1.92 bits per heavy atom. The van der Waals surface area contributed by atoms with Crippen LogP contribution in [0.3, 0.4) is 0 Å². The first-order chi connectivity index (χ1) is 12.8. The van der Waals surface area contributed by atoms with E-state index in [1.54, 1.807) is 6.20 Å². The Morgan fingerprint density at radius 3 is 2.77 bits per heavy atom. The molecular formula is C19H19N5O2. The molecule has 1 aliphatic rings. The number of nitrogens with zero attached hydrogens (tertiary/aromatic N) is 4. The van der Waals surface area contributed by atoms with E-state index in [1.165, 1.54) is 0 Å². The molecule has 2 heterocycles. The average Bonchev–Trinajstić information content (AvgIpc) is 3.16. The molecule has 2 aromatic carbocycles. The van der Waals surface area contributed by atoms with Gasteiger partial charge in [0, 0.05) is 18.8 Å². The lowest BCUT2D eigenvalue weighted by Gasteiger charge is -2.20. The summed E-state index contributed by atoms with van der Waals surface area (Å²) in [5.41, 5.74) is 2.11. The second-order valence-electron chi connectivity index (χ2n) is 5.76. The van der Waals surface area contributed by atoms with Crippen molar-refractivity contribution in [3.8, 4) is 11.5 Å². The standard InChI is InChI=1S/C19H19N5O2/c1-2-24(15-6-4-3-5-7-15)19-22-18(12-21-23-19)20-11-14-8-9-16-17(10-14)26-13-25-16/h3-10,12H,2,11,13H2,1H3,(H,20,22,23). The van der Waals surface area contributed by atoms with Gasteiger partial charge in [-0.3, -0.25) is 0 Å². The Labute approximate surface area is 151 Å². The van der Waals surface area contributed by atoms with E-state index in [0.29, 0.717) is 18.3 Å². The molecule has 1 N–H and O–H groups in total. The predicted octanol–water partition coefficient (Wildman–Crippen LogP) is 3.37. The second-order valence-corrected chi connectivity index (χ2v) is 5.76. The van der Waals surface area contributed by atoms with E-state index in [2.05, 4.69) is 27.4 Å². The smallest absolute Gasteiger partial charge is 0.251 e. The monoisotopic (exact) mass is 349 g/mol. The highest BCUT2D eigenvalue weighted by Crippen LogP contribution is 2.32. The van der Waals surface area contributed by atoms with E-state index in [9.17, 15) is 0 Å². The minimum absolute atomic E-state index is 0.276. The maximum atomic E-state index is 5.41. The minimum atomic E-state index is 0.276. The van der Waals surface area contributed by atoms with E-state index in [-0.39, 0.29) is 6.79 Å². The summed E-state index contributed by atoms with van der Waals surface area (Å²) in [6.45, 7) is 3.68. The highest BCUT2D eigenvalue weighted by atomic mass is 16.7. The Balaban J connectivity index is 1.49. The summed E-state index contributed by atoms with van der Waals surface area (Å²) in [5, 5.41) is 11.6. The van der Waals surface area contributed by atoms with Gasteiger partial charge in [0.05, 0.1) is 6.20 Å². The quantitative estimate of drug-likeness (QED) is 0.731. The number of aromatic nitrogens is 3. The van der Waals surface area contributed by atoms with Crippen LogP contribution < -0.4 is 19.7 Å². The lowest BCUT2D eigenvalue weighted by atomic mass is 10.2. The first-order valence-corrected chi connectivity index (χ1v) is 8.48. The van der Waals surface area contributed by atoms with Gasteiger partial charge < -0.3 is 19.7 Å². The molecule has 0 unspecified atom stereocenters. The molecule has 0 atom stereocenters. The van der Waals surface area contributed by atoms with Crippen LogP contribution in [0, 0.1) is 0 Å². The molecule has 3 aromatic rings. The third-order valence-corrected chi connectivity index (χ3v) is 4.08. The molecule has 0 aliphatic carbocycles. The van der Waals surface area contributed by atoms with Crippen molar-refractivity contribution in [1.29, 1.82) is 0 Å². The van der Waals surface area contributed by atoms with Crippen molar-refractivity contribution in [3.05, 3.63) is 60.3 Å². The van der Waals surface area contributed by atoms with Gasteiger partial charge in [-0.05, 0) is 36.8 Å². The first-order valence-electron chi connectivity index (χ1n) is 8.48. The Kier molecular flexibility index (Phi) is 4.51. The number of benzene rings is 2. The van der Waals surface area contributed by atoms with Gasteiger partial charge in [-0.2, -0.15) is 10.1 Å². The van der Waals surface area contributed by atoms with Gasteiger partial charge >= 0.3 is 0 Å². The zero-order valence-corrected chi connectivity index (χ0v) is 14.4. The molecule has 7 heteroatoms. The fraction of sp³-hybridized carbons (Fsp3) is 0.211. The molecule has 1 aromatic heterocycles. The molecule has 7 nitrogen and oxygen atoms in total. The number of hydrogen-bond acceptors (Lipinski definition) is 7. The predicted molar refractivity (Wildman–Crippen MR) is 98.8 cm³/mol. The number of para-hydroxylation sites is 1. The van der Waals surface area contributed by atoms with Crippen LogP contribution in [0.5, 0.6) is 11.5 Å². The average molecular weight is 349 g/mol. The van der Waals surface area contributed by atoms with Crippen LogP contribution in [-0.4, -0.2) is 28.5 Å². The zero-order valence-electron chi connectivity index (χ0n) is 14.4. The number of nitrogens with one attached hydrogen (secondary N) is 1. The van der Waals surface area contributed by atoms with Gasteiger partial charge in [0.15, 0.2) is 17.3 Å². The fourth-order valence-corrected chi connectivity index (χ4v) is 2.78. The summed E-state index contributed by atoms with van der Waals surface area (Å²) in [5.74, 6) is 2.78. The van der Waals surface area contributed by atoms with Crippen molar-refractivity contribution in [1.82, 2.24) is 15.2 Å². The third-order valence-electron chi connectivity index (χ3n) is 4.08. The summed E-state index contributed by atoms with van der Waals surface area (Å²) in [6.07, 6.45) is 1.62. The van der Waals surface area contributed by atoms with Gasteiger partial charge in [-0.25, -0.2) is 0 Å². The summed E-state index contributed by atoms with van der Waals surface area (Å²) in [4.78, 5) is 6.61. The van der Waals surface area contributed by atoms with Crippen molar-refractivity contribution in [3.63, 3.8) is 0 Å². The maximum absolute atomic E-state index is 5.41. The number of fused-ring (bicyclic) bond motifs is 1. The normalized spacial score (nSPS) is 12.0. The molecule has 0 amide bonds. The lowest BCUT2D eigenvalue weighted by molar-refractivity contribution is 0.174. The van der Waals surface area contributed by atoms with Gasteiger partial charge in [-0.1, -0.05) is 24.3 Å². The Bertz CT molecular complexity index is 888. The van der Waals surface area contributed by atoms with Gasteiger partial charge in [-0.15, -0.1) is 5.10 Å². The van der Waals surface area contributed by atoms with Gasteiger partial charge in [0.2, 0.25) is 6.79 Å². The fourth-order valence-electron chi connectivity index (χ4n) is 2.78. The summed E-state index contributed by atoms with van der Waals surface area (Å²) in [6, 6.07) is 15.9. The van der Waals surface area contributed by atoms with Crippen LogP contribution >= 0.6 is 0 Å². The van der Waals surface area contributed by atoms with Gasteiger partial charge in [0.25, 0.3) is 5.95 Å². The highest BCUT2D eigenvalue weighted by Gasteiger charge is 2.14. The minimum Gasteiger partial charge on any atom is -0.454 e. The van der Waals surface area contributed by atoms with Crippen molar-refractivity contribution in [2.24, 2.45) is 0 Å². The summed E-state index contributed by atoms with van der Waals surface area (Å²) >= 11 is 0. The topological polar surface area (TPSA) is 72.4 Å². The van der Waals surface area contributed by atoms with E-state index in [4.69, 9.17) is 9.47 Å². The van der Waals surface area contributed by atoms with E-state index < -0.39 is 0 Å². The molecule has 0 spiro atoms. The Morgan fingerprint density at radius 1 is 1.08 bits per heavy atom. The molecule has 0 bridgehead atoms. The zero-order chi connectivity index (χ0) is 17.8. The van der Waals surface area contributed by atoms with Crippen LogP contribution in [0.2, 0.25) is 0 Å². The van der Waals surface area contributed by atoms with Crippen LogP contribution in [0.25, 0.3) is 0 Å². The molecule has 1 aliphatic heterocycles. The summed E-state index contributed by atoms with van der Waals surface area (Å²) < 4.78 is 10.7. The molecule has 4 rings (SSSR count). The van der Waals surface area contributed by atoms with Crippen LogP contribution in [0.15, 0.2) is 54.7 Å². The SMILES string of the molecule is CCN(c1ccccc1)c1nncc(NCc2ccc3c(c2)OCO3)n1. The molecule has 132 valence electrons. The lowest BCUT2D eigenvalue weighted by Crippen LogP contribution is -2.19. The Hall–Kier alpha value is -3.35. The number of ether oxygens (including phenoxy) is 2. The van der Waals surface area contributed by atoms with Crippen molar-refractivity contribution in [2.45, 2.75) is 13.5 Å². The van der Waals surface area contributed by atoms with Crippen LogP contribution in [-0.2, 0) is 6.54 Å². The molecule has 0 saturated carbocycles. The molecule has 0 saturated heterocycles. The molecule has 0 fully saturated rings. The molecule has 0 radical (unpaired) electrons. The second kappa shape index (κ2) is 7.26.